The summed E-state index contributed by atoms with van der Waals surface area (Å²) in [5.41, 5.74) is 0.635. The number of thiazole rings is 1. The Hall–Kier alpha value is -1.96. The molecule has 1 aromatic heterocycles. The lowest BCUT2D eigenvalue weighted by molar-refractivity contribution is -0.131. The van der Waals surface area contributed by atoms with Crippen LogP contribution in [0.1, 0.15) is 31.4 Å². The van der Waals surface area contributed by atoms with E-state index in [2.05, 4.69) is 10.3 Å². The van der Waals surface area contributed by atoms with Gasteiger partial charge in [-0.1, -0.05) is 0 Å². The molecule has 2 fully saturated rings. The Morgan fingerprint density at radius 2 is 2.00 bits per heavy atom. The number of aromatic nitrogens is 1. The van der Waals surface area contributed by atoms with Gasteiger partial charge < -0.3 is 10.2 Å². The van der Waals surface area contributed by atoms with E-state index in [0.29, 0.717) is 23.8 Å². The number of likely N-dealkylation sites (tertiary alicyclic amines) is 1. The Balaban J connectivity index is 1.47. The maximum absolute atomic E-state index is 11.9. The Morgan fingerprint density at radius 3 is 2.70 bits per heavy atom. The molecule has 0 radical (unpaired) electrons. The summed E-state index contributed by atoms with van der Waals surface area (Å²) in [5, 5.41) is 5.10. The molecule has 8 heteroatoms. The van der Waals surface area contributed by atoms with Crippen molar-refractivity contribution in [3.63, 3.8) is 0 Å². The number of carbonyl (C=O) groups is 3. The van der Waals surface area contributed by atoms with E-state index in [-0.39, 0.29) is 30.7 Å². The van der Waals surface area contributed by atoms with Crippen LogP contribution in [0.4, 0.5) is 5.13 Å². The molecule has 0 bridgehead atoms. The van der Waals surface area contributed by atoms with Gasteiger partial charge in [-0.05, 0) is 19.3 Å². The second-order valence-electron chi connectivity index (χ2n) is 5.81. The van der Waals surface area contributed by atoms with Crippen molar-refractivity contribution in [1.29, 1.82) is 0 Å². The third-order valence-electron chi connectivity index (χ3n) is 4.08. The summed E-state index contributed by atoms with van der Waals surface area (Å²) >= 11 is 1.38. The molecule has 2 saturated heterocycles. The molecule has 3 heterocycles. The zero-order valence-electron chi connectivity index (χ0n) is 12.9. The van der Waals surface area contributed by atoms with E-state index < -0.39 is 0 Å². The largest absolute Gasteiger partial charge is 0.347 e. The van der Waals surface area contributed by atoms with Crippen molar-refractivity contribution < 1.29 is 14.4 Å². The molecule has 1 aromatic rings. The summed E-state index contributed by atoms with van der Waals surface area (Å²) in [6.45, 7) is 2.31. The first-order valence-corrected chi connectivity index (χ1v) is 8.81. The van der Waals surface area contributed by atoms with Gasteiger partial charge in [0.25, 0.3) is 0 Å². The number of amides is 3. The van der Waals surface area contributed by atoms with E-state index >= 15 is 0 Å². The van der Waals surface area contributed by atoms with Gasteiger partial charge in [0, 0.05) is 31.4 Å². The second kappa shape index (κ2) is 7.08. The number of nitrogens with zero attached hydrogens (tertiary/aromatic N) is 3. The lowest BCUT2D eigenvalue weighted by Crippen LogP contribution is -2.39. The molecule has 2 aliphatic rings. The minimum atomic E-state index is -0.220. The van der Waals surface area contributed by atoms with Crippen molar-refractivity contribution in [2.45, 2.75) is 32.1 Å². The number of hydrogen-bond donors (Lipinski definition) is 1. The van der Waals surface area contributed by atoms with Crippen molar-refractivity contribution in [1.82, 2.24) is 15.2 Å². The summed E-state index contributed by atoms with van der Waals surface area (Å²) in [6, 6.07) is 0. The van der Waals surface area contributed by atoms with Gasteiger partial charge in [0.15, 0.2) is 5.13 Å². The summed E-state index contributed by atoms with van der Waals surface area (Å²) in [7, 11) is 0. The summed E-state index contributed by atoms with van der Waals surface area (Å²) in [6.07, 6.45) is 3.62. The normalized spacial score (nSPS) is 17.8. The van der Waals surface area contributed by atoms with E-state index in [0.717, 1.165) is 32.4 Å². The van der Waals surface area contributed by atoms with Gasteiger partial charge in [0.2, 0.25) is 17.7 Å². The van der Waals surface area contributed by atoms with Crippen LogP contribution in [-0.2, 0) is 20.8 Å². The molecule has 0 atom stereocenters. The molecule has 0 saturated carbocycles. The summed E-state index contributed by atoms with van der Waals surface area (Å²) in [5.74, 6) is -0.161. The fraction of sp³-hybridized carbons (Fsp3) is 0.600. The first-order valence-electron chi connectivity index (χ1n) is 7.93. The molecule has 23 heavy (non-hydrogen) atoms. The molecular weight excluding hydrogens is 316 g/mol. The lowest BCUT2D eigenvalue weighted by atomic mass is 10.3. The van der Waals surface area contributed by atoms with E-state index in [1.165, 1.54) is 11.3 Å². The molecule has 124 valence electrons. The zero-order chi connectivity index (χ0) is 16.2. The molecule has 2 aliphatic heterocycles. The highest BCUT2D eigenvalue weighted by atomic mass is 32.1. The second-order valence-corrected chi connectivity index (χ2v) is 6.65. The van der Waals surface area contributed by atoms with Crippen LogP contribution in [0.3, 0.4) is 0 Å². The Morgan fingerprint density at radius 1 is 1.22 bits per heavy atom. The van der Waals surface area contributed by atoms with Crippen LogP contribution in [0.15, 0.2) is 5.38 Å². The predicted octanol–water partition coefficient (Wildman–Crippen LogP) is 0.551. The van der Waals surface area contributed by atoms with Gasteiger partial charge in [0.05, 0.1) is 18.7 Å². The Kier molecular flexibility index (Phi) is 4.90. The monoisotopic (exact) mass is 336 g/mol. The Bertz CT molecular complexity index is 610. The number of anilines is 1. The van der Waals surface area contributed by atoms with Gasteiger partial charge in [-0.15, -0.1) is 11.3 Å². The quantitative estimate of drug-likeness (QED) is 0.851. The fourth-order valence-electron chi connectivity index (χ4n) is 2.83. The third kappa shape index (κ3) is 3.87. The summed E-state index contributed by atoms with van der Waals surface area (Å²) in [4.78, 5) is 43.3. The summed E-state index contributed by atoms with van der Waals surface area (Å²) < 4.78 is 0. The van der Waals surface area contributed by atoms with Gasteiger partial charge in [-0.25, -0.2) is 4.98 Å². The van der Waals surface area contributed by atoms with Crippen LogP contribution in [0.2, 0.25) is 0 Å². The maximum Gasteiger partial charge on any atom is 0.241 e. The molecule has 3 amide bonds. The molecule has 3 rings (SSSR count). The average molecular weight is 336 g/mol. The molecular formula is C15H20N4O3S. The van der Waals surface area contributed by atoms with Gasteiger partial charge in [-0.2, -0.15) is 0 Å². The van der Waals surface area contributed by atoms with Crippen LogP contribution in [0.25, 0.3) is 0 Å². The van der Waals surface area contributed by atoms with Crippen molar-refractivity contribution in [3.05, 3.63) is 11.1 Å². The number of hydrogen-bond acceptors (Lipinski definition) is 5. The van der Waals surface area contributed by atoms with Gasteiger partial charge in [0.1, 0.15) is 0 Å². The topological polar surface area (TPSA) is 82.6 Å². The van der Waals surface area contributed by atoms with Crippen LogP contribution in [0, 0.1) is 0 Å². The van der Waals surface area contributed by atoms with E-state index in [9.17, 15) is 14.4 Å². The molecule has 0 spiro atoms. The SMILES string of the molecule is O=C(Cc1csc(N2CCCC2=O)n1)NCC(=O)N1CCCC1. The first-order chi connectivity index (χ1) is 11.1. The number of nitrogens with one attached hydrogen (secondary N) is 1. The standard InChI is InChI=1S/C15H20N4O3S/c20-12(16-9-14(22)18-5-1-2-6-18)8-11-10-23-15(17-11)19-7-3-4-13(19)21/h10H,1-9H2,(H,16,20). The van der Waals surface area contributed by atoms with Crippen LogP contribution in [0.5, 0.6) is 0 Å². The number of rotatable bonds is 5. The maximum atomic E-state index is 11.9. The van der Waals surface area contributed by atoms with E-state index in [1.54, 1.807) is 15.2 Å². The van der Waals surface area contributed by atoms with Crippen molar-refractivity contribution in [2.24, 2.45) is 0 Å². The highest BCUT2D eigenvalue weighted by molar-refractivity contribution is 7.14. The fourth-order valence-corrected chi connectivity index (χ4v) is 3.70. The van der Waals surface area contributed by atoms with E-state index in [4.69, 9.17) is 0 Å². The average Bonchev–Trinajstić information content (AvgIpc) is 3.25. The van der Waals surface area contributed by atoms with Crippen LogP contribution < -0.4 is 10.2 Å². The predicted molar refractivity (Wildman–Crippen MR) is 86.2 cm³/mol. The molecule has 7 nitrogen and oxygen atoms in total. The number of carbonyl (C=O) groups excluding carboxylic acids is 3. The third-order valence-corrected chi connectivity index (χ3v) is 4.99. The molecule has 0 aliphatic carbocycles. The minimum absolute atomic E-state index is 0.0301. The van der Waals surface area contributed by atoms with Crippen LogP contribution >= 0.6 is 11.3 Å². The van der Waals surface area contributed by atoms with Gasteiger partial charge >= 0.3 is 0 Å². The van der Waals surface area contributed by atoms with Crippen molar-refractivity contribution in [3.8, 4) is 0 Å². The molecule has 0 unspecified atom stereocenters. The molecule has 0 aromatic carbocycles. The van der Waals surface area contributed by atoms with Crippen molar-refractivity contribution in [2.75, 3.05) is 31.1 Å². The van der Waals surface area contributed by atoms with Gasteiger partial charge in [-0.3, -0.25) is 19.3 Å². The zero-order valence-corrected chi connectivity index (χ0v) is 13.7. The lowest BCUT2D eigenvalue weighted by Gasteiger charge is -2.15. The Labute approximate surface area is 138 Å². The first kappa shape index (κ1) is 15.9. The minimum Gasteiger partial charge on any atom is -0.347 e. The van der Waals surface area contributed by atoms with Crippen LogP contribution in [-0.4, -0.2) is 53.8 Å². The van der Waals surface area contributed by atoms with Crippen molar-refractivity contribution >= 4 is 34.2 Å². The van der Waals surface area contributed by atoms with E-state index in [1.807, 2.05) is 0 Å². The highest BCUT2D eigenvalue weighted by Crippen LogP contribution is 2.25. The molecule has 1 N–H and O–H groups in total. The highest BCUT2D eigenvalue weighted by Gasteiger charge is 2.24. The smallest absolute Gasteiger partial charge is 0.241 e.